The Morgan fingerprint density at radius 3 is 2.26 bits per heavy atom. The van der Waals surface area contributed by atoms with Gasteiger partial charge in [-0.2, -0.15) is 9.59 Å². The van der Waals surface area contributed by atoms with Gasteiger partial charge in [-0.1, -0.05) is 12.1 Å². The van der Waals surface area contributed by atoms with Gasteiger partial charge >= 0.3 is 12.1 Å². The van der Waals surface area contributed by atoms with Crippen molar-refractivity contribution in [2.75, 3.05) is 19.3 Å². The SMILES string of the molecule is NCCCP(=O)(O)C(O)c1ccc(OCC(=O)O)cc1.O=C=O. The highest BCUT2D eigenvalue weighted by Crippen LogP contribution is 2.54. The quantitative estimate of drug-likeness (QED) is 0.480. The monoisotopic (exact) mass is 347 g/mol. The van der Waals surface area contributed by atoms with E-state index < -0.39 is 25.8 Å². The summed E-state index contributed by atoms with van der Waals surface area (Å²) in [6.07, 6.45) is 0.548. The van der Waals surface area contributed by atoms with Crippen molar-refractivity contribution in [1.29, 1.82) is 0 Å². The molecule has 0 spiro atoms. The van der Waals surface area contributed by atoms with Gasteiger partial charge in [0.2, 0.25) is 7.37 Å². The van der Waals surface area contributed by atoms with Gasteiger partial charge in [0.15, 0.2) is 12.5 Å². The van der Waals surface area contributed by atoms with Crippen LogP contribution >= 0.6 is 7.37 Å². The molecule has 0 aromatic heterocycles. The lowest BCUT2D eigenvalue weighted by atomic mass is 10.2. The minimum absolute atomic E-state index is 0.0536. The van der Waals surface area contributed by atoms with Crippen LogP contribution in [0.5, 0.6) is 5.75 Å². The van der Waals surface area contributed by atoms with Gasteiger partial charge in [0, 0.05) is 6.16 Å². The molecule has 0 aliphatic heterocycles. The summed E-state index contributed by atoms with van der Waals surface area (Å²) >= 11 is 0. The fourth-order valence-electron chi connectivity index (χ4n) is 1.55. The van der Waals surface area contributed by atoms with E-state index in [0.717, 1.165) is 0 Å². The first-order valence-corrected chi connectivity index (χ1v) is 8.33. The lowest BCUT2D eigenvalue weighted by Gasteiger charge is -2.18. The zero-order chi connectivity index (χ0) is 17.9. The van der Waals surface area contributed by atoms with E-state index in [2.05, 4.69) is 0 Å². The molecule has 5 N–H and O–H groups in total. The Hall–Kier alpha value is -2.02. The number of hydrogen-bond donors (Lipinski definition) is 4. The second-order valence-corrected chi connectivity index (χ2v) is 6.78. The maximum absolute atomic E-state index is 11.9. The average molecular weight is 347 g/mol. The molecule has 0 saturated heterocycles. The molecule has 0 fully saturated rings. The lowest BCUT2D eigenvalue weighted by molar-refractivity contribution is -0.191. The van der Waals surface area contributed by atoms with Crippen molar-refractivity contribution >= 4 is 19.5 Å². The third kappa shape index (κ3) is 8.25. The molecule has 0 aliphatic carbocycles. The van der Waals surface area contributed by atoms with Crippen LogP contribution in [0.15, 0.2) is 24.3 Å². The zero-order valence-electron chi connectivity index (χ0n) is 12.1. The van der Waals surface area contributed by atoms with Crippen LogP contribution in [0.4, 0.5) is 0 Å². The van der Waals surface area contributed by atoms with Crippen LogP contribution in [0.1, 0.15) is 17.8 Å². The third-order valence-corrected chi connectivity index (χ3v) is 4.62. The van der Waals surface area contributed by atoms with Crippen molar-refractivity contribution in [2.45, 2.75) is 12.3 Å². The van der Waals surface area contributed by atoms with Crippen LogP contribution in [0.25, 0.3) is 0 Å². The molecule has 0 bridgehead atoms. The van der Waals surface area contributed by atoms with E-state index in [1.165, 1.54) is 24.3 Å². The number of hydrogen-bond acceptors (Lipinski definition) is 7. The van der Waals surface area contributed by atoms with E-state index in [-0.39, 0.29) is 24.4 Å². The van der Waals surface area contributed by atoms with E-state index in [9.17, 15) is 19.4 Å². The summed E-state index contributed by atoms with van der Waals surface area (Å²) in [7, 11) is -3.73. The van der Waals surface area contributed by atoms with Gasteiger partial charge in [-0.05, 0) is 30.7 Å². The number of rotatable bonds is 8. The molecule has 0 radical (unpaired) electrons. The lowest BCUT2D eigenvalue weighted by Crippen LogP contribution is -2.09. The molecule has 2 unspecified atom stereocenters. The molecule has 23 heavy (non-hydrogen) atoms. The van der Waals surface area contributed by atoms with E-state index >= 15 is 0 Å². The molecule has 9 nitrogen and oxygen atoms in total. The Balaban J connectivity index is 0.00000149. The molecule has 0 saturated carbocycles. The first-order chi connectivity index (χ1) is 10.8. The van der Waals surface area contributed by atoms with Gasteiger partial charge in [-0.3, -0.25) is 4.57 Å². The summed E-state index contributed by atoms with van der Waals surface area (Å²) < 4.78 is 16.8. The second-order valence-electron chi connectivity index (χ2n) is 4.33. The summed E-state index contributed by atoms with van der Waals surface area (Å²) in [6.45, 7) is -0.198. The van der Waals surface area contributed by atoms with Crippen LogP contribution in [0, 0.1) is 0 Å². The number of carbonyl (C=O) groups is 1. The Labute approximate surface area is 132 Å². The molecular formula is C13H18NO8P. The number of aliphatic hydroxyl groups is 1. The average Bonchev–Trinajstić information content (AvgIpc) is 2.51. The molecule has 1 aromatic rings. The first-order valence-electron chi connectivity index (χ1n) is 6.42. The molecule has 2 atom stereocenters. The van der Waals surface area contributed by atoms with Crippen molar-refractivity contribution in [3.05, 3.63) is 29.8 Å². The number of aliphatic carboxylic acids is 1. The van der Waals surface area contributed by atoms with Crippen LogP contribution in [0.2, 0.25) is 0 Å². The molecule has 1 aromatic carbocycles. The highest BCUT2D eigenvalue weighted by Gasteiger charge is 2.29. The number of ether oxygens (including phenoxy) is 1. The predicted octanol–water partition coefficient (Wildman–Crippen LogP) is 0.177. The van der Waals surface area contributed by atoms with Crippen molar-refractivity contribution in [1.82, 2.24) is 0 Å². The molecule has 10 heteroatoms. The Morgan fingerprint density at radius 1 is 1.30 bits per heavy atom. The number of aliphatic hydroxyl groups excluding tert-OH is 1. The molecule has 0 aliphatic rings. The van der Waals surface area contributed by atoms with Crippen molar-refractivity contribution in [3.63, 3.8) is 0 Å². The first kappa shape index (κ1) is 21.0. The minimum atomic E-state index is -3.73. The fourth-order valence-corrected chi connectivity index (χ4v) is 3.07. The molecule has 0 heterocycles. The summed E-state index contributed by atoms with van der Waals surface area (Å²) in [6, 6.07) is 5.72. The summed E-state index contributed by atoms with van der Waals surface area (Å²) in [5.41, 5.74) is 5.55. The van der Waals surface area contributed by atoms with Gasteiger partial charge < -0.3 is 25.6 Å². The van der Waals surface area contributed by atoms with Crippen LogP contribution in [-0.2, 0) is 18.9 Å². The summed E-state index contributed by atoms with van der Waals surface area (Å²) in [5.74, 6) is -2.28. The number of carbonyl (C=O) groups excluding carboxylic acids is 2. The highest BCUT2D eigenvalue weighted by atomic mass is 31.2. The van der Waals surface area contributed by atoms with Gasteiger partial charge in [0.05, 0.1) is 0 Å². The van der Waals surface area contributed by atoms with Crippen LogP contribution in [0.3, 0.4) is 0 Å². The van der Waals surface area contributed by atoms with Crippen molar-refractivity contribution in [2.24, 2.45) is 5.73 Å². The van der Waals surface area contributed by atoms with E-state index in [1.54, 1.807) is 0 Å². The second kappa shape index (κ2) is 10.7. The standard InChI is InChI=1S/C12H18NO6P.CO2/c13-6-1-7-20(17,18)12(16)9-2-4-10(5-3-9)19-8-11(14)15;2-1-3/h2-5,12,16H,1,6-8,13H2,(H,14,15)(H,17,18);. The van der Waals surface area contributed by atoms with Gasteiger partial charge in [0.1, 0.15) is 5.75 Å². The van der Waals surface area contributed by atoms with Crippen molar-refractivity contribution in [3.8, 4) is 5.75 Å². The molecular weight excluding hydrogens is 329 g/mol. The van der Waals surface area contributed by atoms with Crippen LogP contribution < -0.4 is 10.5 Å². The highest BCUT2D eigenvalue weighted by molar-refractivity contribution is 7.58. The maximum Gasteiger partial charge on any atom is 0.373 e. The Bertz CT molecular complexity index is 568. The maximum atomic E-state index is 11.9. The van der Waals surface area contributed by atoms with E-state index in [1.807, 2.05) is 0 Å². The predicted molar refractivity (Wildman–Crippen MR) is 77.9 cm³/mol. The normalized spacial score (nSPS) is 13.7. The molecule has 128 valence electrons. The number of carboxylic acid groups (broad SMARTS) is 1. The zero-order valence-corrected chi connectivity index (χ0v) is 13.0. The van der Waals surface area contributed by atoms with E-state index in [4.69, 9.17) is 25.2 Å². The third-order valence-electron chi connectivity index (χ3n) is 2.61. The molecule has 1 rings (SSSR count). The Morgan fingerprint density at radius 2 is 1.83 bits per heavy atom. The summed E-state index contributed by atoms with van der Waals surface area (Å²) in [4.78, 5) is 36.3. The van der Waals surface area contributed by atoms with Crippen LogP contribution in [-0.4, -0.2) is 46.5 Å². The number of nitrogens with two attached hydrogens (primary N) is 1. The van der Waals surface area contributed by atoms with E-state index in [0.29, 0.717) is 12.2 Å². The minimum Gasteiger partial charge on any atom is -0.482 e. The smallest absolute Gasteiger partial charge is 0.373 e. The Kier molecular flexibility index (Phi) is 9.73. The fraction of sp³-hybridized carbons (Fsp3) is 0.385. The number of benzene rings is 1. The van der Waals surface area contributed by atoms with Gasteiger partial charge in [-0.15, -0.1) is 0 Å². The molecule has 0 amide bonds. The number of carboxylic acids is 1. The van der Waals surface area contributed by atoms with Crippen molar-refractivity contribution < 1.29 is 38.8 Å². The van der Waals surface area contributed by atoms with Gasteiger partial charge in [-0.25, -0.2) is 4.79 Å². The van der Waals surface area contributed by atoms with Gasteiger partial charge in [0.25, 0.3) is 0 Å². The topological polar surface area (TPSA) is 164 Å². The summed E-state index contributed by atoms with van der Waals surface area (Å²) in [5, 5.41) is 18.4. The largest absolute Gasteiger partial charge is 0.482 e.